The molecule has 0 atom stereocenters. The maximum absolute atomic E-state index is 12.6. The molecule has 0 aliphatic carbocycles. The average Bonchev–Trinajstić information content (AvgIpc) is 3.20. The third-order valence-electron chi connectivity index (χ3n) is 5.69. The molecule has 1 N–H and O–H groups in total. The van der Waals surface area contributed by atoms with Gasteiger partial charge in [-0.1, -0.05) is 47.5 Å². The summed E-state index contributed by atoms with van der Waals surface area (Å²) in [6.45, 7) is 8.15. The first-order valence-electron chi connectivity index (χ1n) is 10.8. The van der Waals surface area contributed by atoms with Crippen LogP contribution in [0.2, 0.25) is 10.0 Å². The number of nitrogens with zero attached hydrogens (tertiary/aromatic N) is 4. The smallest absolute Gasteiger partial charge is 0.271 e. The van der Waals surface area contributed by atoms with E-state index in [2.05, 4.69) is 20.2 Å². The summed E-state index contributed by atoms with van der Waals surface area (Å²) in [4.78, 5) is 17.3. The topological polar surface area (TPSA) is 53.4 Å². The van der Waals surface area contributed by atoms with Crippen LogP contribution in [0.25, 0.3) is 5.69 Å². The zero-order chi connectivity index (χ0) is 22.5. The quantitative estimate of drug-likeness (QED) is 0.564. The molecule has 0 unspecified atom stereocenters. The number of hydrogen-bond acceptors (Lipinski definition) is 4. The van der Waals surface area contributed by atoms with Gasteiger partial charge in [0.25, 0.3) is 5.91 Å². The van der Waals surface area contributed by atoms with Gasteiger partial charge in [-0.15, -0.1) is 0 Å². The van der Waals surface area contributed by atoms with E-state index in [-0.39, 0.29) is 5.91 Å². The van der Waals surface area contributed by atoms with Crippen molar-refractivity contribution in [1.29, 1.82) is 0 Å². The lowest BCUT2D eigenvalue weighted by atomic mass is 10.2. The lowest BCUT2D eigenvalue weighted by molar-refractivity contribution is 0.0929. The first-order chi connectivity index (χ1) is 15.5. The number of aromatic nitrogens is 2. The van der Waals surface area contributed by atoms with E-state index in [9.17, 15) is 4.79 Å². The minimum Gasteiger partial charge on any atom is -0.349 e. The summed E-state index contributed by atoms with van der Waals surface area (Å²) in [5.74, 6) is -0.138. The van der Waals surface area contributed by atoms with Crippen LogP contribution in [0.15, 0.2) is 54.6 Å². The SMILES string of the molecule is Cc1cc(C(=O)NCCN2CCN(Cc3ccc(Cl)c(Cl)c3)CC2)nn1-c1ccccc1. The summed E-state index contributed by atoms with van der Waals surface area (Å²) in [5, 5.41) is 8.66. The second-order valence-electron chi connectivity index (χ2n) is 8.04. The Morgan fingerprint density at radius 3 is 2.41 bits per heavy atom. The number of aryl methyl sites for hydroxylation is 1. The molecule has 0 radical (unpaired) electrons. The lowest BCUT2D eigenvalue weighted by Crippen LogP contribution is -2.48. The maximum Gasteiger partial charge on any atom is 0.271 e. The molecule has 3 aromatic rings. The molecule has 1 aliphatic heterocycles. The van der Waals surface area contributed by atoms with Gasteiger partial charge < -0.3 is 5.32 Å². The van der Waals surface area contributed by atoms with Gasteiger partial charge in [-0.25, -0.2) is 4.68 Å². The molecule has 0 bridgehead atoms. The Kier molecular flexibility index (Phi) is 7.48. The van der Waals surface area contributed by atoms with Crippen LogP contribution in [-0.4, -0.2) is 64.8 Å². The van der Waals surface area contributed by atoms with Crippen LogP contribution in [-0.2, 0) is 6.54 Å². The monoisotopic (exact) mass is 471 g/mol. The average molecular weight is 472 g/mol. The minimum absolute atomic E-state index is 0.138. The van der Waals surface area contributed by atoms with Crippen molar-refractivity contribution in [3.63, 3.8) is 0 Å². The van der Waals surface area contributed by atoms with Crippen molar-refractivity contribution in [2.24, 2.45) is 0 Å². The Morgan fingerprint density at radius 2 is 1.69 bits per heavy atom. The molecule has 1 saturated heterocycles. The van der Waals surface area contributed by atoms with Crippen molar-refractivity contribution in [3.8, 4) is 5.69 Å². The molecule has 0 spiro atoms. The van der Waals surface area contributed by atoms with Gasteiger partial charge in [-0.3, -0.25) is 14.6 Å². The normalized spacial score (nSPS) is 15.1. The number of piperazine rings is 1. The van der Waals surface area contributed by atoms with Gasteiger partial charge in [0.15, 0.2) is 5.69 Å². The fourth-order valence-electron chi connectivity index (χ4n) is 3.90. The molecule has 1 aromatic heterocycles. The first kappa shape index (κ1) is 22.8. The van der Waals surface area contributed by atoms with Gasteiger partial charge in [0.2, 0.25) is 0 Å². The second kappa shape index (κ2) is 10.5. The van der Waals surface area contributed by atoms with E-state index in [0.717, 1.165) is 50.6 Å². The number of benzene rings is 2. The van der Waals surface area contributed by atoms with Gasteiger partial charge in [0, 0.05) is 51.5 Å². The van der Waals surface area contributed by atoms with Gasteiger partial charge >= 0.3 is 0 Å². The van der Waals surface area contributed by atoms with Crippen LogP contribution in [0.1, 0.15) is 21.7 Å². The third kappa shape index (κ3) is 5.70. The highest BCUT2D eigenvalue weighted by Gasteiger charge is 2.18. The van der Waals surface area contributed by atoms with Crippen LogP contribution in [0.5, 0.6) is 0 Å². The summed E-state index contributed by atoms with van der Waals surface area (Å²) in [6, 6.07) is 17.5. The lowest BCUT2D eigenvalue weighted by Gasteiger charge is -2.34. The molecule has 1 amide bonds. The standard InChI is InChI=1S/C24H27Cl2N5O/c1-18-15-23(28-31(18)20-5-3-2-4-6-20)24(32)27-9-10-29-11-13-30(14-12-29)17-19-7-8-21(25)22(26)16-19/h2-8,15-16H,9-14,17H2,1H3,(H,27,32). The number of amides is 1. The van der Waals surface area contributed by atoms with Crippen molar-refractivity contribution in [2.45, 2.75) is 13.5 Å². The minimum atomic E-state index is -0.138. The molecule has 4 rings (SSSR count). The van der Waals surface area contributed by atoms with Crippen LogP contribution in [0.3, 0.4) is 0 Å². The number of carbonyl (C=O) groups is 1. The summed E-state index contributed by atoms with van der Waals surface area (Å²) < 4.78 is 1.79. The summed E-state index contributed by atoms with van der Waals surface area (Å²) in [6.07, 6.45) is 0. The fourth-order valence-corrected chi connectivity index (χ4v) is 4.22. The highest BCUT2D eigenvalue weighted by atomic mass is 35.5. The van der Waals surface area contributed by atoms with E-state index in [1.54, 1.807) is 4.68 Å². The van der Waals surface area contributed by atoms with Crippen molar-refractivity contribution < 1.29 is 4.79 Å². The van der Waals surface area contributed by atoms with Gasteiger partial charge in [0.05, 0.1) is 15.7 Å². The molecule has 2 heterocycles. The molecule has 168 valence electrons. The first-order valence-corrected chi connectivity index (χ1v) is 11.5. The number of rotatable bonds is 7. The van der Waals surface area contributed by atoms with E-state index in [4.69, 9.17) is 23.2 Å². The molecular weight excluding hydrogens is 445 g/mol. The van der Waals surface area contributed by atoms with Crippen molar-refractivity contribution in [1.82, 2.24) is 24.9 Å². The predicted octanol–water partition coefficient (Wildman–Crippen LogP) is 4.04. The van der Waals surface area contributed by atoms with E-state index in [1.807, 2.05) is 61.5 Å². The van der Waals surface area contributed by atoms with E-state index in [1.165, 1.54) is 5.56 Å². The molecular formula is C24H27Cl2N5O. The van der Waals surface area contributed by atoms with Crippen LogP contribution >= 0.6 is 23.2 Å². The molecule has 0 saturated carbocycles. The Balaban J connectivity index is 1.21. The van der Waals surface area contributed by atoms with Crippen molar-refractivity contribution in [3.05, 3.63) is 81.6 Å². The van der Waals surface area contributed by atoms with Gasteiger partial charge in [-0.05, 0) is 42.8 Å². The zero-order valence-corrected chi connectivity index (χ0v) is 19.6. The van der Waals surface area contributed by atoms with Gasteiger partial charge in [0.1, 0.15) is 0 Å². The predicted molar refractivity (Wildman–Crippen MR) is 129 cm³/mol. The maximum atomic E-state index is 12.6. The third-order valence-corrected chi connectivity index (χ3v) is 6.43. The number of hydrogen-bond donors (Lipinski definition) is 1. The molecule has 1 fully saturated rings. The van der Waals surface area contributed by atoms with Crippen LogP contribution in [0, 0.1) is 6.92 Å². The number of nitrogens with one attached hydrogen (secondary N) is 1. The summed E-state index contributed by atoms with van der Waals surface area (Å²) in [5.41, 5.74) is 3.49. The van der Waals surface area contributed by atoms with E-state index in [0.29, 0.717) is 22.3 Å². The molecule has 32 heavy (non-hydrogen) atoms. The largest absolute Gasteiger partial charge is 0.349 e. The Morgan fingerprint density at radius 1 is 0.969 bits per heavy atom. The summed E-state index contributed by atoms with van der Waals surface area (Å²) >= 11 is 12.1. The highest BCUT2D eigenvalue weighted by molar-refractivity contribution is 6.42. The summed E-state index contributed by atoms with van der Waals surface area (Å²) in [7, 11) is 0. The molecule has 6 nitrogen and oxygen atoms in total. The Bertz CT molecular complexity index is 1060. The van der Waals surface area contributed by atoms with E-state index >= 15 is 0 Å². The fraction of sp³-hybridized carbons (Fsp3) is 0.333. The highest BCUT2D eigenvalue weighted by Crippen LogP contribution is 2.23. The number of carbonyl (C=O) groups excluding carboxylic acids is 1. The Labute approximate surface area is 198 Å². The Hall–Kier alpha value is -2.38. The van der Waals surface area contributed by atoms with Crippen LogP contribution < -0.4 is 5.32 Å². The van der Waals surface area contributed by atoms with Crippen LogP contribution in [0.4, 0.5) is 0 Å². The second-order valence-corrected chi connectivity index (χ2v) is 8.85. The number of halogens is 2. The van der Waals surface area contributed by atoms with Gasteiger partial charge in [-0.2, -0.15) is 5.10 Å². The van der Waals surface area contributed by atoms with Crippen molar-refractivity contribution >= 4 is 29.1 Å². The molecule has 1 aliphatic rings. The van der Waals surface area contributed by atoms with Crippen molar-refractivity contribution in [2.75, 3.05) is 39.3 Å². The number of para-hydroxylation sites is 1. The zero-order valence-electron chi connectivity index (χ0n) is 18.1. The molecule has 8 heteroatoms. The molecule has 2 aromatic carbocycles. The van der Waals surface area contributed by atoms with E-state index < -0.39 is 0 Å².